The highest BCUT2D eigenvalue weighted by Crippen LogP contribution is 2.13. The number of anilines is 1. The van der Waals surface area contributed by atoms with Gasteiger partial charge < -0.3 is 14.6 Å². The number of carbonyl (C=O) groups is 1. The first-order valence-electron chi connectivity index (χ1n) is 6.89. The second-order valence-electron chi connectivity index (χ2n) is 4.48. The van der Waals surface area contributed by atoms with Crippen LogP contribution in [0.4, 0.5) is 5.69 Å². The molecule has 106 valence electrons. The van der Waals surface area contributed by atoms with Crippen molar-refractivity contribution < 1.29 is 9.21 Å². The van der Waals surface area contributed by atoms with Crippen LogP contribution in [-0.2, 0) is 11.3 Å². The van der Waals surface area contributed by atoms with Crippen molar-refractivity contribution in [2.24, 2.45) is 0 Å². The van der Waals surface area contributed by atoms with E-state index < -0.39 is 0 Å². The monoisotopic (exact) mass is 272 g/mol. The molecule has 0 aliphatic heterocycles. The maximum absolute atomic E-state index is 12.2. The average molecular weight is 272 g/mol. The van der Waals surface area contributed by atoms with Crippen molar-refractivity contribution in [3.63, 3.8) is 0 Å². The highest BCUT2D eigenvalue weighted by molar-refractivity contribution is 5.93. The number of amides is 1. The Morgan fingerprint density at radius 1 is 1.20 bits per heavy atom. The molecule has 0 aliphatic carbocycles. The van der Waals surface area contributed by atoms with Gasteiger partial charge in [-0.3, -0.25) is 4.79 Å². The number of para-hydroxylation sites is 1. The molecular formula is C16H20N2O2. The Balaban J connectivity index is 1.78. The molecule has 4 heteroatoms. The molecule has 0 unspecified atom stereocenters. The van der Waals surface area contributed by atoms with Crippen molar-refractivity contribution in [2.75, 3.05) is 18.0 Å². The minimum Gasteiger partial charge on any atom is -0.468 e. The smallest absolute Gasteiger partial charge is 0.228 e. The number of hydrogen-bond acceptors (Lipinski definition) is 3. The van der Waals surface area contributed by atoms with E-state index in [1.54, 1.807) is 11.2 Å². The van der Waals surface area contributed by atoms with Crippen molar-refractivity contribution >= 4 is 11.6 Å². The Kier molecular flexibility index (Phi) is 5.38. The third-order valence-electron chi connectivity index (χ3n) is 3.08. The van der Waals surface area contributed by atoms with Crippen molar-refractivity contribution in [3.8, 4) is 0 Å². The largest absolute Gasteiger partial charge is 0.468 e. The zero-order chi connectivity index (χ0) is 14.2. The molecule has 1 N–H and O–H groups in total. The van der Waals surface area contributed by atoms with E-state index in [9.17, 15) is 4.79 Å². The van der Waals surface area contributed by atoms with Crippen LogP contribution in [-0.4, -0.2) is 19.0 Å². The lowest BCUT2D eigenvalue weighted by molar-refractivity contribution is -0.118. The van der Waals surface area contributed by atoms with Gasteiger partial charge in [-0.25, -0.2) is 0 Å². The Bertz CT molecular complexity index is 509. The quantitative estimate of drug-likeness (QED) is 0.788. The summed E-state index contributed by atoms with van der Waals surface area (Å²) in [4.78, 5) is 14.0. The highest BCUT2D eigenvalue weighted by Gasteiger charge is 2.12. The van der Waals surface area contributed by atoms with Gasteiger partial charge in [0.15, 0.2) is 0 Å². The van der Waals surface area contributed by atoms with E-state index in [4.69, 9.17) is 4.42 Å². The molecule has 0 saturated carbocycles. The third kappa shape index (κ3) is 3.96. The fourth-order valence-corrected chi connectivity index (χ4v) is 2.07. The van der Waals surface area contributed by atoms with Crippen LogP contribution in [0.15, 0.2) is 53.1 Å². The van der Waals surface area contributed by atoms with E-state index in [0.29, 0.717) is 26.1 Å². The molecule has 1 amide bonds. The second kappa shape index (κ2) is 7.50. The molecule has 2 aromatic rings. The topological polar surface area (TPSA) is 45.5 Å². The lowest BCUT2D eigenvalue weighted by Gasteiger charge is -2.21. The van der Waals surface area contributed by atoms with E-state index in [1.807, 2.05) is 49.4 Å². The zero-order valence-corrected chi connectivity index (χ0v) is 11.7. The number of rotatable bonds is 7. The lowest BCUT2D eigenvalue weighted by atomic mass is 10.2. The first kappa shape index (κ1) is 14.3. The lowest BCUT2D eigenvalue weighted by Crippen LogP contribution is -2.32. The van der Waals surface area contributed by atoms with E-state index >= 15 is 0 Å². The second-order valence-corrected chi connectivity index (χ2v) is 4.48. The van der Waals surface area contributed by atoms with Crippen LogP contribution >= 0.6 is 0 Å². The fraction of sp³-hybridized carbons (Fsp3) is 0.312. The summed E-state index contributed by atoms with van der Waals surface area (Å²) >= 11 is 0. The van der Waals surface area contributed by atoms with Gasteiger partial charge in [-0.05, 0) is 31.2 Å². The maximum Gasteiger partial charge on any atom is 0.228 e. The van der Waals surface area contributed by atoms with Crippen LogP contribution in [0.25, 0.3) is 0 Å². The van der Waals surface area contributed by atoms with Crippen LogP contribution in [0.2, 0.25) is 0 Å². The highest BCUT2D eigenvalue weighted by atomic mass is 16.3. The van der Waals surface area contributed by atoms with Gasteiger partial charge in [-0.15, -0.1) is 0 Å². The van der Waals surface area contributed by atoms with Gasteiger partial charge in [0, 0.05) is 25.2 Å². The SMILES string of the molecule is CCN(C(=O)CCNCc1ccco1)c1ccccc1. The summed E-state index contributed by atoms with van der Waals surface area (Å²) < 4.78 is 5.22. The molecule has 0 aliphatic rings. The zero-order valence-electron chi connectivity index (χ0n) is 11.7. The van der Waals surface area contributed by atoms with E-state index in [1.165, 1.54) is 0 Å². The number of hydrogen-bond donors (Lipinski definition) is 1. The van der Waals surface area contributed by atoms with Gasteiger partial charge in [0.05, 0.1) is 12.8 Å². The molecule has 20 heavy (non-hydrogen) atoms. The Morgan fingerprint density at radius 3 is 2.65 bits per heavy atom. The summed E-state index contributed by atoms with van der Waals surface area (Å²) in [6, 6.07) is 13.5. The molecular weight excluding hydrogens is 252 g/mol. The molecule has 4 nitrogen and oxygen atoms in total. The van der Waals surface area contributed by atoms with Crippen LogP contribution in [0, 0.1) is 0 Å². The number of nitrogens with zero attached hydrogens (tertiary/aromatic N) is 1. The molecule has 1 aromatic carbocycles. The molecule has 0 spiro atoms. The number of benzene rings is 1. The summed E-state index contributed by atoms with van der Waals surface area (Å²) in [7, 11) is 0. The minimum absolute atomic E-state index is 0.130. The van der Waals surface area contributed by atoms with Gasteiger partial charge in [-0.2, -0.15) is 0 Å². The van der Waals surface area contributed by atoms with E-state index in [0.717, 1.165) is 11.4 Å². The summed E-state index contributed by atoms with van der Waals surface area (Å²) in [5.74, 6) is 1.01. The van der Waals surface area contributed by atoms with Crippen molar-refractivity contribution in [1.82, 2.24) is 5.32 Å². The molecule has 2 rings (SSSR count). The van der Waals surface area contributed by atoms with Crippen LogP contribution in [0.5, 0.6) is 0 Å². The number of carbonyl (C=O) groups excluding carboxylic acids is 1. The van der Waals surface area contributed by atoms with Crippen LogP contribution in [0.3, 0.4) is 0 Å². The van der Waals surface area contributed by atoms with Crippen molar-refractivity contribution in [1.29, 1.82) is 0 Å². The molecule has 1 aromatic heterocycles. The normalized spacial score (nSPS) is 10.4. The molecule has 1 heterocycles. The first-order valence-corrected chi connectivity index (χ1v) is 6.89. The number of nitrogens with one attached hydrogen (secondary N) is 1. The Hall–Kier alpha value is -2.07. The molecule has 0 atom stereocenters. The van der Waals surface area contributed by atoms with E-state index in [-0.39, 0.29) is 5.91 Å². The predicted octanol–water partition coefficient (Wildman–Crippen LogP) is 2.81. The minimum atomic E-state index is 0.130. The van der Waals surface area contributed by atoms with Crippen LogP contribution < -0.4 is 10.2 Å². The summed E-state index contributed by atoms with van der Waals surface area (Å²) in [5.41, 5.74) is 0.950. The maximum atomic E-state index is 12.2. The fourth-order valence-electron chi connectivity index (χ4n) is 2.07. The summed E-state index contributed by atoms with van der Waals surface area (Å²) in [5, 5.41) is 3.21. The average Bonchev–Trinajstić information content (AvgIpc) is 2.99. The summed E-state index contributed by atoms with van der Waals surface area (Å²) in [6.07, 6.45) is 2.12. The number of furan rings is 1. The molecule has 0 bridgehead atoms. The van der Waals surface area contributed by atoms with Crippen LogP contribution in [0.1, 0.15) is 19.1 Å². The summed E-state index contributed by atoms with van der Waals surface area (Å²) in [6.45, 7) is 3.96. The Morgan fingerprint density at radius 2 is 2.00 bits per heavy atom. The van der Waals surface area contributed by atoms with Gasteiger partial charge in [0.1, 0.15) is 5.76 Å². The standard InChI is InChI=1S/C16H20N2O2/c1-2-18(14-7-4-3-5-8-14)16(19)10-11-17-13-15-9-6-12-20-15/h3-9,12,17H,2,10-11,13H2,1H3. The van der Waals surface area contributed by atoms with E-state index in [2.05, 4.69) is 5.32 Å². The van der Waals surface area contributed by atoms with Gasteiger partial charge in [-0.1, -0.05) is 18.2 Å². The molecule has 0 saturated heterocycles. The van der Waals surface area contributed by atoms with Gasteiger partial charge in [0.2, 0.25) is 5.91 Å². The van der Waals surface area contributed by atoms with Crippen molar-refractivity contribution in [2.45, 2.75) is 19.9 Å². The Labute approximate surface area is 119 Å². The van der Waals surface area contributed by atoms with Crippen molar-refractivity contribution in [3.05, 3.63) is 54.5 Å². The predicted molar refractivity (Wildman–Crippen MR) is 79.5 cm³/mol. The third-order valence-corrected chi connectivity index (χ3v) is 3.08. The van der Waals surface area contributed by atoms with Gasteiger partial charge >= 0.3 is 0 Å². The molecule has 0 fully saturated rings. The first-order chi connectivity index (χ1) is 9.81. The van der Waals surface area contributed by atoms with Gasteiger partial charge in [0.25, 0.3) is 0 Å². The molecule has 0 radical (unpaired) electrons.